The number of hydrogen-bond donors (Lipinski definition) is 1. The number of benzene rings is 1. The van der Waals surface area contributed by atoms with Gasteiger partial charge in [0.1, 0.15) is 0 Å². The van der Waals surface area contributed by atoms with Gasteiger partial charge in [0.15, 0.2) is 0 Å². The minimum atomic E-state index is 0.187. The van der Waals surface area contributed by atoms with Crippen LogP contribution < -0.4 is 0 Å². The second-order valence-electron chi connectivity index (χ2n) is 3.10. The summed E-state index contributed by atoms with van der Waals surface area (Å²) < 4.78 is 1.04. The van der Waals surface area contributed by atoms with Gasteiger partial charge in [0.05, 0.1) is 0 Å². The van der Waals surface area contributed by atoms with Gasteiger partial charge in [0, 0.05) is 11.1 Å². The zero-order valence-corrected chi connectivity index (χ0v) is 9.26. The van der Waals surface area contributed by atoms with Crippen molar-refractivity contribution in [2.75, 3.05) is 6.61 Å². The SMILES string of the molecule is C=C(C)c1cc(Br)cc(CCO)c1. The molecule has 1 nitrogen and oxygen atoms in total. The highest BCUT2D eigenvalue weighted by molar-refractivity contribution is 9.10. The maximum absolute atomic E-state index is 8.80. The average molecular weight is 241 g/mol. The lowest BCUT2D eigenvalue weighted by Gasteiger charge is -2.05. The molecular weight excluding hydrogens is 228 g/mol. The van der Waals surface area contributed by atoms with E-state index >= 15 is 0 Å². The molecular formula is C11H13BrO. The second kappa shape index (κ2) is 4.58. The number of aliphatic hydroxyl groups is 1. The zero-order valence-electron chi connectivity index (χ0n) is 7.68. The Balaban J connectivity index is 3.03. The Morgan fingerprint density at radius 3 is 2.69 bits per heavy atom. The molecule has 0 heterocycles. The van der Waals surface area contributed by atoms with E-state index in [4.69, 9.17) is 5.11 Å². The fourth-order valence-corrected chi connectivity index (χ4v) is 1.71. The van der Waals surface area contributed by atoms with Crippen molar-refractivity contribution in [2.24, 2.45) is 0 Å². The largest absolute Gasteiger partial charge is 0.396 e. The van der Waals surface area contributed by atoms with Crippen molar-refractivity contribution in [3.63, 3.8) is 0 Å². The van der Waals surface area contributed by atoms with E-state index in [1.807, 2.05) is 19.1 Å². The Labute approximate surface area is 87.2 Å². The van der Waals surface area contributed by atoms with Crippen molar-refractivity contribution in [2.45, 2.75) is 13.3 Å². The lowest BCUT2D eigenvalue weighted by atomic mass is 10.0. The summed E-state index contributed by atoms with van der Waals surface area (Å²) in [5.41, 5.74) is 3.30. The first kappa shape index (κ1) is 10.5. The van der Waals surface area contributed by atoms with Crippen molar-refractivity contribution in [3.05, 3.63) is 40.4 Å². The monoisotopic (exact) mass is 240 g/mol. The zero-order chi connectivity index (χ0) is 9.84. The third-order valence-electron chi connectivity index (χ3n) is 1.85. The summed E-state index contributed by atoms with van der Waals surface area (Å²) in [6.45, 7) is 6.05. The Morgan fingerprint density at radius 2 is 2.15 bits per heavy atom. The summed E-state index contributed by atoms with van der Waals surface area (Å²) in [6, 6.07) is 6.11. The highest BCUT2D eigenvalue weighted by Crippen LogP contribution is 2.20. The molecule has 0 saturated carbocycles. The van der Waals surface area contributed by atoms with Crippen molar-refractivity contribution >= 4 is 21.5 Å². The molecule has 0 fully saturated rings. The van der Waals surface area contributed by atoms with Crippen LogP contribution in [-0.4, -0.2) is 11.7 Å². The van der Waals surface area contributed by atoms with E-state index in [1.54, 1.807) is 0 Å². The van der Waals surface area contributed by atoms with Gasteiger partial charge in [-0.3, -0.25) is 0 Å². The fourth-order valence-electron chi connectivity index (χ4n) is 1.17. The number of halogens is 1. The van der Waals surface area contributed by atoms with Gasteiger partial charge in [0.2, 0.25) is 0 Å². The third kappa shape index (κ3) is 2.98. The van der Waals surface area contributed by atoms with Crippen molar-refractivity contribution in [1.82, 2.24) is 0 Å². The highest BCUT2D eigenvalue weighted by atomic mass is 79.9. The molecule has 0 spiro atoms. The van der Waals surface area contributed by atoms with Gasteiger partial charge in [-0.2, -0.15) is 0 Å². The van der Waals surface area contributed by atoms with E-state index < -0.39 is 0 Å². The van der Waals surface area contributed by atoms with Gasteiger partial charge in [0.25, 0.3) is 0 Å². The molecule has 1 N–H and O–H groups in total. The van der Waals surface area contributed by atoms with Crippen LogP contribution in [0.1, 0.15) is 18.1 Å². The topological polar surface area (TPSA) is 20.2 Å². The quantitative estimate of drug-likeness (QED) is 0.862. The van der Waals surface area contributed by atoms with Crippen LogP contribution in [0.4, 0.5) is 0 Å². The molecule has 0 saturated heterocycles. The molecule has 0 atom stereocenters. The standard InChI is InChI=1S/C11H13BrO/c1-8(2)10-5-9(3-4-13)6-11(12)7-10/h5-7,13H,1,3-4H2,2H3. The van der Waals surface area contributed by atoms with Crippen molar-refractivity contribution in [1.29, 1.82) is 0 Å². The number of rotatable bonds is 3. The Morgan fingerprint density at radius 1 is 1.46 bits per heavy atom. The molecule has 0 amide bonds. The first-order valence-corrected chi connectivity index (χ1v) is 4.99. The molecule has 0 radical (unpaired) electrons. The second-order valence-corrected chi connectivity index (χ2v) is 4.02. The smallest absolute Gasteiger partial charge is 0.0471 e. The van der Waals surface area contributed by atoms with Gasteiger partial charge in [-0.25, -0.2) is 0 Å². The summed E-state index contributed by atoms with van der Waals surface area (Å²) in [6.07, 6.45) is 0.694. The van der Waals surface area contributed by atoms with Gasteiger partial charge in [-0.15, -0.1) is 0 Å². The van der Waals surface area contributed by atoms with Crippen LogP contribution >= 0.6 is 15.9 Å². The molecule has 1 aromatic rings. The van der Waals surface area contributed by atoms with Crippen molar-refractivity contribution < 1.29 is 5.11 Å². The first-order valence-electron chi connectivity index (χ1n) is 4.19. The van der Waals surface area contributed by atoms with E-state index in [2.05, 4.69) is 28.6 Å². The van der Waals surface area contributed by atoms with E-state index in [0.717, 1.165) is 21.2 Å². The normalized spacial score (nSPS) is 10.1. The molecule has 0 bridgehead atoms. The molecule has 13 heavy (non-hydrogen) atoms. The lowest BCUT2D eigenvalue weighted by Crippen LogP contribution is -1.92. The Hall–Kier alpha value is -0.600. The molecule has 1 aromatic carbocycles. The number of hydrogen-bond acceptors (Lipinski definition) is 1. The van der Waals surface area contributed by atoms with Crippen LogP contribution in [0.15, 0.2) is 29.3 Å². The molecule has 0 aromatic heterocycles. The van der Waals surface area contributed by atoms with Crippen LogP contribution in [0, 0.1) is 0 Å². The van der Waals surface area contributed by atoms with Crippen LogP contribution in [0.2, 0.25) is 0 Å². The molecule has 0 aliphatic carbocycles. The van der Waals surface area contributed by atoms with Gasteiger partial charge < -0.3 is 5.11 Å². The number of aliphatic hydroxyl groups excluding tert-OH is 1. The van der Waals surface area contributed by atoms with Gasteiger partial charge >= 0.3 is 0 Å². The average Bonchev–Trinajstić information content (AvgIpc) is 2.03. The van der Waals surface area contributed by atoms with E-state index in [-0.39, 0.29) is 6.61 Å². The highest BCUT2D eigenvalue weighted by Gasteiger charge is 1.99. The third-order valence-corrected chi connectivity index (χ3v) is 2.31. The van der Waals surface area contributed by atoms with Gasteiger partial charge in [-0.05, 0) is 36.6 Å². The Kier molecular flexibility index (Phi) is 3.70. The number of allylic oxidation sites excluding steroid dienone is 1. The predicted octanol–water partition coefficient (Wildman–Crippen LogP) is 3.02. The van der Waals surface area contributed by atoms with E-state index in [1.165, 1.54) is 0 Å². The minimum absolute atomic E-state index is 0.187. The predicted molar refractivity (Wildman–Crippen MR) is 59.6 cm³/mol. The van der Waals surface area contributed by atoms with E-state index in [0.29, 0.717) is 6.42 Å². The first-order chi connectivity index (χ1) is 6.13. The van der Waals surface area contributed by atoms with Crippen LogP contribution in [0.25, 0.3) is 5.57 Å². The Bertz CT molecular complexity index is 318. The summed E-state index contributed by atoms with van der Waals surface area (Å²) in [5, 5.41) is 8.80. The summed E-state index contributed by atoms with van der Waals surface area (Å²) in [7, 11) is 0. The van der Waals surface area contributed by atoms with Crippen LogP contribution in [0.5, 0.6) is 0 Å². The van der Waals surface area contributed by atoms with Crippen LogP contribution in [0.3, 0.4) is 0 Å². The van der Waals surface area contributed by atoms with Gasteiger partial charge in [-0.1, -0.05) is 34.1 Å². The van der Waals surface area contributed by atoms with Crippen molar-refractivity contribution in [3.8, 4) is 0 Å². The van der Waals surface area contributed by atoms with E-state index in [9.17, 15) is 0 Å². The maximum atomic E-state index is 8.80. The molecule has 1 rings (SSSR count). The lowest BCUT2D eigenvalue weighted by molar-refractivity contribution is 0.299. The maximum Gasteiger partial charge on any atom is 0.0471 e. The summed E-state index contributed by atoms with van der Waals surface area (Å²) in [4.78, 5) is 0. The molecule has 0 aliphatic heterocycles. The molecule has 0 unspecified atom stereocenters. The minimum Gasteiger partial charge on any atom is -0.396 e. The molecule has 70 valence electrons. The molecule has 0 aliphatic rings. The fraction of sp³-hybridized carbons (Fsp3) is 0.273. The summed E-state index contributed by atoms with van der Waals surface area (Å²) >= 11 is 3.43. The molecule has 2 heteroatoms. The summed E-state index contributed by atoms with van der Waals surface area (Å²) in [5.74, 6) is 0. The van der Waals surface area contributed by atoms with Crippen LogP contribution in [-0.2, 0) is 6.42 Å².